The summed E-state index contributed by atoms with van der Waals surface area (Å²) in [5.74, 6) is -2.79. The van der Waals surface area contributed by atoms with Crippen LogP contribution in [0.5, 0.6) is 0 Å². The van der Waals surface area contributed by atoms with E-state index < -0.39 is 33.8 Å². The van der Waals surface area contributed by atoms with Gasteiger partial charge in [-0.05, 0) is 48.0 Å². The first kappa shape index (κ1) is 22.9. The van der Waals surface area contributed by atoms with Crippen LogP contribution in [0.15, 0.2) is 66.7 Å². The van der Waals surface area contributed by atoms with Crippen LogP contribution in [-0.2, 0) is 4.79 Å². The fourth-order valence-electron chi connectivity index (χ4n) is 3.49. The minimum Gasteiger partial charge on any atom is -0.326 e. The smallest absolute Gasteiger partial charge is 0.257 e. The Balaban J connectivity index is 1.50. The SMILES string of the molecule is O=C(Nc1ccccc1)c1cc(NC(=O)C2C(c3ccc(F)c(Cl)c3)C2(Cl)Cl)ccc1Cl. The molecule has 164 valence electrons. The number of carbonyl (C=O) groups excluding carboxylic acids is 2. The molecule has 32 heavy (non-hydrogen) atoms. The zero-order valence-electron chi connectivity index (χ0n) is 16.2. The monoisotopic (exact) mass is 510 g/mol. The number of hydrogen-bond donors (Lipinski definition) is 2. The van der Waals surface area contributed by atoms with Gasteiger partial charge in [0.15, 0.2) is 0 Å². The van der Waals surface area contributed by atoms with Crippen LogP contribution in [0, 0.1) is 11.7 Å². The average molecular weight is 512 g/mol. The molecule has 2 N–H and O–H groups in total. The summed E-state index contributed by atoms with van der Waals surface area (Å²) in [5.41, 5.74) is 1.70. The summed E-state index contributed by atoms with van der Waals surface area (Å²) in [4.78, 5) is 25.5. The van der Waals surface area contributed by atoms with Gasteiger partial charge in [0, 0.05) is 17.3 Å². The van der Waals surface area contributed by atoms with Gasteiger partial charge in [0.1, 0.15) is 10.2 Å². The molecule has 0 bridgehead atoms. The molecular weight excluding hydrogens is 497 g/mol. The van der Waals surface area contributed by atoms with E-state index in [1.54, 1.807) is 30.3 Å². The number of anilines is 2. The highest BCUT2D eigenvalue weighted by atomic mass is 35.5. The van der Waals surface area contributed by atoms with E-state index >= 15 is 0 Å². The van der Waals surface area contributed by atoms with Crippen molar-refractivity contribution in [3.8, 4) is 0 Å². The summed E-state index contributed by atoms with van der Waals surface area (Å²) in [7, 11) is 0. The quantitative estimate of drug-likeness (QED) is 0.365. The Kier molecular flexibility index (Phi) is 6.37. The van der Waals surface area contributed by atoms with E-state index in [-0.39, 0.29) is 15.6 Å². The van der Waals surface area contributed by atoms with E-state index in [1.807, 2.05) is 6.07 Å². The van der Waals surface area contributed by atoms with Gasteiger partial charge >= 0.3 is 0 Å². The van der Waals surface area contributed by atoms with Crippen LogP contribution in [0.1, 0.15) is 21.8 Å². The molecule has 3 aromatic rings. The molecule has 0 aromatic heterocycles. The zero-order valence-corrected chi connectivity index (χ0v) is 19.2. The second-order valence-electron chi connectivity index (χ2n) is 7.31. The topological polar surface area (TPSA) is 58.2 Å². The van der Waals surface area contributed by atoms with Gasteiger partial charge in [0.25, 0.3) is 5.91 Å². The third-order valence-electron chi connectivity index (χ3n) is 5.15. The fraction of sp³-hybridized carbons (Fsp3) is 0.130. The number of amides is 2. The van der Waals surface area contributed by atoms with Gasteiger partial charge in [-0.15, -0.1) is 23.2 Å². The Labute approximate surface area is 203 Å². The van der Waals surface area contributed by atoms with E-state index in [4.69, 9.17) is 46.4 Å². The molecule has 0 spiro atoms. The van der Waals surface area contributed by atoms with Crippen molar-refractivity contribution >= 4 is 69.6 Å². The molecule has 3 aromatic carbocycles. The molecule has 1 aliphatic carbocycles. The van der Waals surface area contributed by atoms with Crippen molar-refractivity contribution in [2.75, 3.05) is 10.6 Å². The van der Waals surface area contributed by atoms with E-state index in [2.05, 4.69) is 10.6 Å². The number of para-hydroxylation sites is 1. The van der Waals surface area contributed by atoms with Crippen LogP contribution in [0.25, 0.3) is 0 Å². The average Bonchev–Trinajstić information content (AvgIpc) is 3.34. The molecule has 1 aliphatic rings. The molecule has 1 fully saturated rings. The summed E-state index contributed by atoms with van der Waals surface area (Å²) >= 11 is 24.7. The molecule has 0 heterocycles. The lowest BCUT2D eigenvalue weighted by atomic mass is 10.1. The van der Waals surface area contributed by atoms with Crippen molar-refractivity contribution in [1.82, 2.24) is 0 Å². The first-order valence-corrected chi connectivity index (χ1v) is 11.0. The highest BCUT2D eigenvalue weighted by Gasteiger charge is 2.67. The Morgan fingerprint density at radius 1 is 0.844 bits per heavy atom. The minimum atomic E-state index is -1.37. The van der Waals surface area contributed by atoms with E-state index in [0.717, 1.165) is 0 Å². The lowest BCUT2D eigenvalue weighted by Crippen LogP contribution is -2.18. The van der Waals surface area contributed by atoms with Crippen LogP contribution in [-0.4, -0.2) is 16.1 Å². The van der Waals surface area contributed by atoms with Crippen molar-refractivity contribution in [3.05, 3.63) is 93.7 Å². The second kappa shape index (κ2) is 8.91. The molecular formula is C23H15Cl4FN2O2. The van der Waals surface area contributed by atoms with Crippen LogP contribution >= 0.6 is 46.4 Å². The van der Waals surface area contributed by atoms with Crippen molar-refractivity contribution in [2.45, 2.75) is 10.3 Å². The second-order valence-corrected chi connectivity index (χ2v) is 9.57. The van der Waals surface area contributed by atoms with Gasteiger partial charge < -0.3 is 10.6 Å². The number of hydrogen-bond acceptors (Lipinski definition) is 2. The van der Waals surface area contributed by atoms with Gasteiger partial charge in [0.05, 0.1) is 21.5 Å². The van der Waals surface area contributed by atoms with Crippen molar-refractivity contribution in [2.24, 2.45) is 5.92 Å². The molecule has 4 rings (SSSR count). The normalized spacial score (nSPS) is 18.7. The molecule has 2 amide bonds. The number of halogens is 5. The number of benzene rings is 3. The van der Waals surface area contributed by atoms with E-state index in [9.17, 15) is 14.0 Å². The highest BCUT2D eigenvalue weighted by molar-refractivity contribution is 6.53. The third kappa shape index (κ3) is 4.57. The van der Waals surface area contributed by atoms with Gasteiger partial charge in [-0.25, -0.2) is 4.39 Å². The van der Waals surface area contributed by atoms with Gasteiger partial charge in [-0.1, -0.05) is 47.5 Å². The maximum Gasteiger partial charge on any atom is 0.257 e. The molecule has 4 nitrogen and oxygen atoms in total. The molecule has 2 atom stereocenters. The first-order chi connectivity index (χ1) is 15.2. The number of nitrogens with one attached hydrogen (secondary N) is 2. The van der Waals surface area contributed by atoms with Crippen LogP contribution in [0.4, 0.5) is 15.8 Å². The molecule has 0 saturated heterocycles. The summed E-state index contributed by atoms with van der Waals surface area (Å²) < 4.78 is 12.1. The van der Waals surface area contributed by atoms with Crippen molar-refractivity contribution in [3.63, 3.8) is 0 Å². The van der Waals surface area contributed by atoms with Gasteiger partial charge in [0.2, 0.25) is 5.91 Å². The van der Waals surface area contributed by atoms with Crippen LogP contribution in [0.2, 0.25) is 10.0 Å². The summed E-state index contributed by atoms with van der Waals surface area (Å²) in [6, 6.07) is 17.5. The lowest BCUT2D eigenvalue weighted by Gasteiger charge is -2.10. The highest BCUT2D eigenvalue weighted by Crippen LogP contribution is 2.65. The Morgan fingerprint density at radius 2 is 1.56 bits per heavy atom. The molecule has 0 radical (unpaired) electrons. The van der Waals surface area contributed by atoms with Crippen LogP contribution < -0.4 is 10.6 Å². The Hall–Kier alpha value is -2.31. The number of rotatable bonds is 5. The largest absolute Gasteiger partial charge is 0.326 e. The first-order valence-electron chi connectivity index (χ1n) is 9.48. The van der Waals surface area contributed by atoms with E-state index in [1.165, 1.54) is 30.3 Å². The maximum atomic E-state index is 13.5. The van der Waals surface area contributed by atoms with Gasteiger partial charge in [-0.2, -0.15) is 0 Å². The predicted octanol–water partition coefficient (Wildman–Crippen LogP) is 6.91. The third-order valence-corrected chi connectivity index (χ3v) is 6.71. The summed E-state index contributed by atoms with van der Waals surface area (Å²) in [6.07, 6.45) is 0. The Bertz CT molecular complexity index is 1200. The minimum absolute atomic E-state index is 0.0792. The zero-order chi connectivity index (χ0) is 23.0. The lowest BCUT2D eigenvalue weighted by molar-refractivity contribution is -0.117. The molecule has 0 aliphatic heterocycles. The Morgan fingerprint density at radius 3 is 2.25 bits per heavy atom. The molecule has 2 unspecified atom stereocenters. The van der Waals surface area contributed by atoms with E-state index in [0.29, 0.717) is 16.9 Å². The van der Waals surface area contributed by atoms with Gasteiger partial charge in [-0.3, -0.25) is 9.59 Å². The van der Waals surface area contributed by atoms with Crippen molar-refractivity contribution in [1.29, 1.82) is 0 Å². The summed E-state index contributed by atoms with van der Waals surface area (Å²) in [6.45, 7) is 0. The van der Waals surface area contributed by atoms with Crippen molar-refractivity contribution < 1.29 is 14.0 Å². The molecule has 9 heteroatoms. The maximum absolute atomic E-state index is 13.5. The molecule has 1 saturated carbocycles. The number of alkyl halides is 2. The summed E-state index contributed by atoms with van der Waals surface area (Å²) in [5, 5.41) is 5.61. The standard InChI is InChI=1S/C23H15Cl4FN2O2/c24-16-8-7-14(11-15(16)21(31)29-13-4-2-1-3-5-13)30-22(32)20-19(23(20,26)27)12-6-9-18(28)17(25)10-12/h1-11,19-20H,(H,29,31)(H,30,32). The fourth-order valence-corrected chi connectivity index (χ4v) is 4.71. The van der Waals surface area contributed by atoms with Crippen LogP contribution in [0.3, 0.4) is 0 Å². The number of carbonyl (C=O) groups is 2. The predicted molar refractivity (Wildman–Crippen MR) is 127 cm³/mol.